The molecule has 0 spiro atoms. The minimum Gasteiger partial charge on any atom is -0.494 e. The Hall–Kier alpha value is -3.68. The molecule has 1 N–H and O–H groups in total. The summed E-state index contributed by atoms with van der Waals surface area (Å²) in [5.41, 5.74) is 1.80. The topological polar surface area (TPSA) is 83.5 Å². The number of nitrogens with one attached hydrogen (secondary N) is 1. The SMILES string of the molecule is CCOc1ccc(C(=O)N2CCN(c3cc(Nc4cc(C)ccn4)ncn3)CC2)cc1. The van der Waals surface area contributed by atoms with E-state index in [1.165, 1.54) is 0 Å². The number of anilines is 3. The van der Waals surface area contributed by atoms with Crippen LogP contribution in [0.15, 0.2) is 55.0 Å². The molecule has 0 saturated carbocycles. The molecule has 31 heavy (non-hydrogen) atoms. The first-order chi connectivity index (χ1) is 15.1. The molecule has 4 rings (SSSR count). The summed E-state index contributed by atoms with van der Waals surface area (Å²) in [5, 5.41) is 3.22. The highest BCUT2D eigenvalue weighted by atomic mass is 16.5. The summed E-state index contributed by atoms with van der Waals surface area (Å²) in [5.74, 6) is 3.08. The molecule has 160 valence electrons. The molecular weight excluding hydrogens is 392 g/mol. The van der Waals surface area contributed by atoms with Crippen LogP contribution in [0.25, 0.3) is 0 Å². The Kier molecular flexibility index (Phi) is 6.26. The Morgan fingerprint density at radius 3 is 2.45 bits per heavy atom. The number of hydrogen-bond donors (Lipinski definition) is 1. The number of pyridine rings is 1. The molecule has 3 heterocycles. The molecule has 0 atom stereocenters. The molecule has 0 unspecified atom stereocenters. The molecule has 0 aliphatic carbocycles. The zero-order valence-electron chi connectivity index (χ0n) is 17.8. The number of amides is 1. The molecule has 3 aromatic rings. The van der Waals surface area contributed by atoms with Crippen molar-refractivity contribution in [2.24, 2.45) is 0 Å². The molecule has 8 nitrogen and oxygen atoms in total. The molecular formula is C23H26N6O2. The third-order valence-electron chi connectivity index (χ3n) is 5.13. The van der Waals surface area contributed by atoms with E-state index in [0.717, 1.165) is 22.9 Å². The van der Waals surface area contributed by atoms with Crippen molar-refractivity contribution in [3.8, 4) is 5.75 Å². The van der Waals surface area contributed by atoms with Crippen LogP contribution in [-0.4, -0.2) is 58.5 Å². The van der Waals surface area contributed by atoms with Gasteiger partial charge in [0.05, 0.1) is 6.61 Å². The predicted octanol–water partition coefficient (Wildman–Crippen LogP) is 3.28. The van der Waals surface area contributed by atoms with Gasteiger partial charge in [0.15, 0.2) is 0 Å². The molecule has 8 heteroatoms. The van der Waals surface area contributed by atoms with Crippen molar-refractivity contribution in [1.29, 1.82) is 0 Å². The molecule has 1 aliphatic heterocycles. The van der Waals surface area contributed by atoms with E-state index in [4.69, 9.17) is 4.74 Å². The van der Waals surface area contributed by atoms with E-state index in [2.05, 4.69) is 25.2 Å². The van der Waals surface area contributed by atoms with Crippen molar-refractivity contribution in [2.45, 2.75) is 13.8 Å². The van der Waals surface area contributed by atoms with Crippen LogP contribution >= 0.6 is 0 Å². The lowest BCUT2D eigenvalue weighted by atomic mass is 10.1. The average molecular weight is 419 g/mol. The third kappa shape index (κ3) is 5.09. The van der Waals surface area contributed by atoms with Gasteiger partial charge in [0, 0.05) is 44.0 Å². The molecule has 1 aliphatic rings. The van der Waals surface area contributed by atoms with Crippen LogP contribution in [-0.2, 0) is 0 Å². The summed E-state index contributed by atoms with van der Waals surface area (Å²) in [6.45, 7) is 7.26. The number of carbonyl (C=O) groups is 1. The van der Waals surface area contributed by atoms with Crippen LogP contribution in [0, 0.1) is 6.92 Å². The van der Waals surface area contributed by atoms with Crippen LogP contribution in [0.5, 0.6) is 5.75 Å². The second kappa shape index (κ2) is 9.42. The van der Waals surface area contributed by atoms with Gasteiger partial charge in [-0.2, -0.15) is 0 Å². The van der Waals surface area contributed by atoms with Crippen molar-refractivity contribution in [1.82, 2.24) is 19.9 Å². The first-order valence-corrected chi connectivity index (χ1v) is 10.4. The van der Waals surface area contributed by atoms with E-state index in [1.807, 2.05) is 61.2 Å². The lowest BCUT2D eigenvalue weighted by Crippen LogP contribution is -2.49. The first-order valence-electron chi connectivity index (χ1n) is 10.4. The van der Waals surface area contributed by atoms with Crippen LogP contribution in [0.2, 0.25) is 0 Å². The van der Waals surface area contributed by atoms with Gasteiger partial charge in [-0.05, 0) is 55.8 Å². The van der Waals surface area contributed by atoms with Gasteiger partial charge in [-0.1, -0.05) is 0 Å². The third-order valence-corrected chi connectivity index (χ3v) is 5.13. The number of piperazine rings is 1. The van der Waals surface area contributed by atoms with Crippen molar-refractivity contribution < 1.29 is 9.53 Å². The Morgan fingerprint density at radius 1 is 1.00 bits per heavy atom. The second-order valence-electron chi connectivity index (χ2n) is 7.34. The average Bonchev–Trinajstić information content (AvgIpc) is 2.80. The number of aromatic nitrogens is 3. The van der Waals surface area contributed by atoms with E-state index in [1.54, 1.807) is 12.5 Å². The number of aryl methyl sites for hydroxylation is 1. The zero-order chi connectivity index (χ0) is 21.6. The summed E-state index contributed by atoms with van der Waals surface area (Å²) in [6.07, 6.45) is 3.31. The highest BCUT2D eigenvalue weighted by Crippen LogP contribution is 2.20. The highest BCUT2D eigenvalue weighted by molar-refractivity contribution is 5.94. The maximum absolute atomic E-state index is 12.8. The van der Waals surface area contributed by atoms with Crippen LogP contribution in [0.1, 0.15) is 22.8 Å². The largest absolute Gasteiger partial charge is 0.494 e. The summed E-state index contributed by atoms with van der Waals surface area (Å²) >= 11 is 0. The summed E-state index contributed by atoms with van der Waals surface area (Å²) in [4.78, 5) is 29.9. The lowest BCUT2D eigenvalue weighted by molar-refractivity contribution is 0.0746. The Morgan fingerprint density at radius 2 is 1.74 bits per heavy atom. The summed E-state index contributed by atoms with van der Waals surface area (Å²) < 4.78 is 5.45. The summed E-state index contributed by atoms with van der Waals surface area (Å²) in [6, 6.07) is 13.1. The summed E-state index contributed by atoms with van der Waals surface area (Å²) in [7, 11) is 0. The van der Waals surface area contributed by atoms with Gasteiger partial charge in [0.2, 0.25) is 0 Å². The minimum atomic E-state index is 0.0401. The quantitative estimate of drug-likeness (QED) is 0.658. The lowest BCUT2D eigenvalue weighted by Gasteiger charge is -2.35. The molecule has 2 aromatic heterocycles. The van der Waals surface area contributed by atoms with Crippen LogP contribution in [0.3, 0.4) is 0 Å². The maximum Gasteiger partial charge on any atom is 0.253 e. The Balaban J connectivity index is 1.36. The monoisotopic (exact) mass is 418 g/mol. The Bertz CT molecular complexity index is 1030. The van der Waals surface area contributed by atoms with Gasteiger partial charge in [-0.25, -0.2) is 15.0 Å². The fourth-order valence-electron chi connectivity index (χ4n) is 3.51. The number of hydrogen-bond acceptors (Lipinski definition) is 7. The molecule has 1 saturated heterocycles. The van der Waals surface area contributed by atoms with E-state index in [9.17, 15) is 4.79 Å². The highest BCUT2D eigenvalue weighted by Gasteiger charge is 2.23. The van der Waals surface area contributed by atoms with Gasteiger partial charge in [0.1, 0.15) is 29.5 Å². The van der Waals surface area contributed by atoms with Gasteiger partial charge >= 0.3 is 0 Å². The van der Waals surface area contributed by atoms with Gasteiger partial charge < -0.3 is 19.9 Å². The number of carbonyl (C=O) groups excluding carboxylic acids is 1. The fraction of sp³-hybridized carbons (Fsp3) is 0.304. The first kappa shape index (κ1) is 20.6. The smallest absolute Gasteiger partial charge is 0.253 e. The standard InChI is InChI=1S/C23H26N6O2/c1-3-31-19-6-4-18(5-7-19)23(30)29-12-10-28(11-13-29)22-15-21(25-16-26-22)27-20-14-17(2)8-9-24-20/h4-9,14-16H,3,10-13H2,1-2H3,(H,24,25,26,27). The molecule has 0 radical (unpaired) electrons. The number of ether oxygens (including phenoxy) is 1. The van der Waals surface area contributed by atoms with Crippen molar-refractivity contribution in [2.75, 3.05) is 43.0 Å². The van der Waals surface area contributed by atoms with E-state index < -0.39 is 0 Å². The minimum absolute atomic E-state index is 0.0401. The van der Waals surface area contributed by atoms with Gasteiger partial charge in [0.25, 0.3) is 5.91 Å². The van der Waals surface area contributed by atoms with E-state index in [0.29, 0.717) is 44.2 Å². The fourth-order valence-corrected chi connectivity index (χ4v) is 3.51. The normalized spacial score (nSPS) is 13.7. The van der Waals surface area contributed by atoms with Crippen molar-refractivity contribution in [3.05, 3.63) is 66.1 Å². The van der Waals surface area contributed by atoms with Crippen molar-refractivity contribution >= 4 is 23.4 Å². The predicted molar refractivity (Wildman–Crippen MR) is 120 cm³/mol. The Labute approximate surface area is 181 Å². The molecule has 1 fully saturated rings. The number of nitrogens with zero attached hydrogens (tertiary/aromatic N) is 5. The van der Waals surface area contributed by atoms with Gasteiger partial charge in [-0.15, -0.1) is 0 Å². The van der Waals surface area contributed by atoms with Crippen molar-refractivity contribution in [3.63, 3.8) is 0 Å². The molecule has 0 bridgehead atoms. The maximum atomic E-state index is 12.8. The zero-order valence-corrected chi connectivity index (χ0v) is 17.8. The van der Waals surface area contributed by atoms with Gasteiger partial charge in [-0.3, -0.25) is 4.79 Å². The second-order valence-corrected chi connectivity index (χ2v) is 7.34. The number of rotatable bonds is 6. The number of benzene rings is 1. The van der Waals surface area contributed by atoms with Crippen LogP contribution < -0.4 is 15.0 Å². The van der Waals surface area contributed by atoms with Crippen LogP contribution in [0.4, 0.5) is 17.5 Å². The van der Waals surface area contributed by atoms with E-state index in [-0.39, 0.29) is 5.91 Å². The molecule has 1 amide bonds. The van der Waals surface area contributed by atoms with E-state index >= 15 is 0 Å². The molecule has 1 aromatic carbocycles.